The molecule has 9 heteroatoms. The van der Waals surface area contributed by atoms with E-state index in [1.165, 1.54) is 11.8 Å². The van der Waals surface area contributed by atoms with Gasteiger partial charge in [0.15, 0.2) is 11.3 Å². The van der Waals surface area contributed by atoms with Crippen LogP contribution in [-0.4, -0.2) is 28.9 Å². The quantitative estimate of drug-likeness (QED) is 0.735. The SMILES string of the molecule is CCSC1=NN2C(=c3cc(Br)ccc3=N[C@H]2c2cc(Cl)ccc2OC)C(=O)N1. The molecular formula is C19H16BrClN4O2S. The first-order chi connectivity index (χ1) is 13.5. The molecule has 0 unspecified atom stereocenters. The van der Waals surface area contributed by atoms with Gasteiger partial charge in [-0.3, -0.25) is 15.1 Å². The van der Waals surface area contributed by atoms with Crippen LogP contribution in [0.1, 0.15) is 18.7 Å². The third-order valence-electron chi connectivity index (χ3n) is 4.32. The molecule has 0 fully saturated rings. The molecule has 2 aliphatic heterocycles. The van der Waals surface area contributed by atoms with Gasteiger partial charge in [0.1, 0.15) is 11.4 Å². The van der Waals surface area contributed by atoms with E-state index in [-0.39, 0.29) is 5.91 Å². The number of carbonyl (C=O) groups excluding carboxylic acids is 1. The molecule has 0 aromatic heterocycles. The minimum Gasteiger partial charge on any atom is -0.496 e. The lowest BCUT2D eigenvalue weighted by atomic mass is 10.1. The van der Waals surface area contributed by atoms with Crippen LogP contribution in [-0.2, 0) is 4.79 Å². The van der Waals surface area contributed by atoms with Crippen molar-refractivity contribution < 1.29 is 9.53 Å². The molecule has 0 radical (unpaired) electrons. The zero-order valence-corrected chi connectivity index (χ0v) is 18.2. The lowest BCUT2D eigenvalue weighted by molar-refractivity contribution is -0.116. The summed E-state index contributed by atoms with van der Waals surface area (Å²) in [4.78, 5) is 17.9. The molecule has 28 heavy (non-hydrogen) atoms. The predicted octanol–water partition coefficient (Wildman–Crippen LogP) is 3.01. The zero-order valence-electron chi connectivity index (χ0n) is 15.1. The molecule has 0 saturated heterocycles. The zero-order chi connectivity index (χ0) is 19.8. The lowest BCUT2D eigenvalue weighted by Gasteiger charge is -2.34. The highest BCUT2D eigenvalue weighted by Crippen LogP contribution is 2.37. The summed E-state index contributed by atoms with van der Waals surface area (Å²) in [6, 6.07) is 11.0. The molecule has 0 saturated carbocycles. The first-order valence-electron chi connectivity index (χ1n) is 8.55. The topological polar surface area (TPSA) is 66.3 Å². The average Bonchev–Trinajstić information content (AvgIpc) is 2.67. The smallest absolute Gasteiger partial charge is 0.276 e. The fourth-order valence-corrected chi connectivity index (χ4v) is 4.29. The van der Waals surface area contributed by atoms with Crippen LogP contribution in [0.3, 0.4) is 0 Å². The lowest BCUT2D eigenvalue weighted by Crippen LogP contribution is -2.50. The van der Waals surface area contributed by atoms with Crippen molar-refractivity contribution in [3.05, 3.63) is 62.0 Å². The normalized spacial score (nSPS) is 17.9. The van der Waals surface area contributed by atoms with Gasteiger partial charge in [0, 0.05) is 20.3 Å². The number of amides is 1. The van der Waals surface area contributed by atoms with Gasteiger partial charge in [-0.2, -0.15) is 0 Å². The summed E-state index contributed by atoms with van der Waals surface area (Å²) in [5.41, 5.74) is 1.18. The van der Waals surface area contributed by atoms with Gasteiger partial charge in [0.25, 0.3) is 5.91 Å². The van der Waals surface area contributed by atoms with E-state index in [2.05, 4.69) is 26.3 Å². The second-order valence-electron chi connectivity index (χ2n) is 6.04. The summed E-state index contributed by atoms with van der Waals surface area (Å²) < 4.78 is 6.38. The number of benzene rings is 2. The molecule has 144 valence electrons. The molecule has 2 heterocycles. The van der Waals surface area contributed by atoms with Crippen molar-refractivity contribution in [2.45, 2.75) is 13.1 Å². The number of carbonyl (C=O) groups is 1. The van der Waals surface area contributed by atoms with Crippen molar-refractivity contribution in [2.24, 2.45) is 10.1 Å². The summed E-state index contributed by atoms with van der Waals surface area (Å²) >= 11 is 11.2. The van der Waals surface area contributed by atoms with Gasteiger partial charge in [0.05, 0.1) is 12.5 Å². The largest absolute Gasteiger partial charge is 0.496 e. The number of hydrogen-bond acceptors (Lipinski definition) is 6. The summed E-state index contributed by atoms with van der Waals surface area (Å²) in [7, 11) is 1.59. The second-order valence-corrected chi connectivity index (χ2v) is 8.64. The molecule has 0 bridgehead atoms. The third kappa shape index (κ3) is 3.40. The standard InChI is InChI=1S/C19H16BrClN4O2S/c1-3-28-19-23-18(26)16-12-8-10(20)4-6-14(12)22-17(25(16)24-19)13-9-11(21)5-7-15(13)27-2/h4-9,17H,3H2,1-2H3,(H,23,24,26)/t17-/m1/s1. The Kier molecular flexibility index (Phi) is 5.35. The maximum atomic E-state index is 13.0. The van der Waals surface area contributed by atoms with Gasteiger partial charge in [-0.25, -0.2) is 5.01 Å². The van der Waals surface area contributed by atoms with Gasteiger partial charge in [-0.05, 0) is 42.2 Å². The van der Waals surface area contributed by atoms with E-state index in [1.54, 1.807) is 30.3 Å². The van der Waals surface area contributed by atoms with Gasteiger partial charge < -0.3 is 4.74 Å². The van der Waals surface area contributed by atoms with Gasteiger partial charge >= 0.3 is 0 Å². The molecule has 4 rings (SSSR count). The van der Waals surface area contributed by atoms with Crippen LogP contribution in [0.15, 0.2) is 51.0 Å². The number of hydrazone groups is 1. The van der Waals surface area contributed by atoms with Crippen LogP contribution in [0.2, 0.25) is 5.02 Å². The van der Waals surface area contributed by atoms with Crippen LogP contribution in [0.4, 0.5) is 0 Å². The Labute approximate surface area is 179 Å². The van der Waals surface area contributed by atoms with Gasteiger partial charge in [-0.15, -0.1) is 5.10 Å². The van der Waals surface area contributed by atoms with Crippen molar-refractivity contribution >= 4 is 56.1 Å². The van der Waals surface area contributed by atoms with E-state index >= 15 is 0 Å². The minimum atomic E-state index is -0.573. The van der Waals surface area contributed by atoms with Crippen molar-refractivity contribution in [3.63, 3.8) is 0 Å². The molecule has 0 spiro atoms. The Balaban J connectivity index is 2.00. The number of nitrogens with one attached hydrogen (secondary N) is 1. The number of hydrogen-bond donors (Lipinski definition) is 1. The number of fused-ring (bicyclic) bond motifs is 2. The third-order valence-corrected chi connectivity index (χ3v) is 5.80. The Bertz CT molecular complexity index is 1120. The molecule has 0 aliphatic carbocycles. The molecule has 1 atom stereocenters. The summed E-state index contributed by atoms with van der Waals surface area (Å²) in [6.45, 7) is 2.00. The van der Waals surface area contributed by atoms with E-state index in [9.17, 15) is 4.79 Å². The average molecular weight is 480 g/mol. The number of amidine groups is 1. The van der Waals surface area contributed by atoms with E-state index in [0.717, 1.165) is 15.8 Å². The first-order valence-corrected chi connectivity index (χ1v) is 10.7. The van der Waals surface area contributed by atoms with E-state index in [0.29, 0.717) is 32.2 Å². The molecule has 1 N–H and O–H groups in total. The fraction of sp³-hybridized carbons (Fsp3) is 0.211. The van der Waals surface area contributed by atoms with Crippen molar-refractivity contribution in [2.75, 3.05) is 12.9 Å². The minimum absolute atomic E-state index is 0.216. The van der Waals surface area contributed by atoms with E-state index in [4.69, 9.17) is 21.3 Å². The number of nitrogens with zero attached hydrogens (tertiary/aromatic N) is 3. The molecule has 1 amide bonds. The highest BCUT2D eigenvalue weighted by molar-refractivity contribution is 9.10. The molecule has 2 aromatic carbocycles. The summed E-state index contributed by atoms with van der Waals surface area (Å²) in [5, 5.41) is 11.7. The van der Waals surface area contributed by atoms with Gasteiger partial charge in [-0.1, -0.05) is 46.2 Å². The molecular weight excluding hydrogens is 464 g/mol. The number of thioether (sulfide) groups is 1. The van der Waals surface area contributed by atoms with Gasteiger partial charge in [0.2, 0.25) is 0 Å². The fourth-order valence-electron chi connectivity index (χ4n) is 3.16. The van der Waals surface area contributed by atoms with Crippen molar-refractivity contribution in [1.29, 1.82) is 0 Å². The maximum Gasteiger partial charge on any atom is 0.276 e. The molecule has 6 nitrogen and oxygen atoms in total. The Morgan fingerprint density at radius 2 is 2.14 bits per heavy atom. The van der Waals surface area contributed by atoms with Crippen LogP contribution in [0.25, 0.3) is 5.70 Å². The van der Waals surface area contributed by atoms with Crippen LogP contribution < -0.4 is 20.6 Å². The molecule has 2 aromatic rings. The Hall–Kier alpha value is -2.03. The first kappa shape index (κ1) is 19.3. The van der Waals surface area contributed by atoms with Crippen LogP contribution >= 0.6 is 39.3 Å². The monoisotopic (exact) mass is 478 g/mol. The number of rotatable bonds is 3. The number of ether oxygens (including phenoxy) is 1. The van der Waals surface area contributed by atoms with Crippen LogP contribution in [0.5, 0.6) is 5.75 Å². The highest BCUT2D eigenvalue weighted by atomic mass is 79.9. The molecule has 2 aliphatic rings. The number of halogens is 2. The highest BCUT2D eigenvalue weighted by Gasteiger charge is 2.35. The second kappa shape index (κ2) is 7.77. The Morgan fingerprint density at radius 3 is 2.89 bits per heavy atom. The van der Waals surface area contributed by atoms with Crippen LogP contribution in [0, 0.1) is 0 Å². The van der Waals surface area contributed by atoms with E-state index in [1.807, 2.05) is 25.1 Å². The predicted molar refractivity (Wildman–Crippen MR) is 115 cm³/mol. The maximum absolute atomic E-state index is 13.0. The summed E-state index contributed by atoms with van der Waals surface area (Å²) in [6.07, 6.45) is -0.573. The van der Waals surface area contributed by atoms with Crippen molar-refractivity contribution in [1.82, 2.24) is 10.3 Å². The van der Waals surface area contributed by atoms with Crippen molar-refractivity contribution in [3.8, 4) is 5.75 Å². The van der Waals surface area contributed by atoms with E-state index < -0.39 is 6.17 Å². The number of methoxy groups -OCH3 is 1. The Morgan fingerprint density at radius 1 is 1.32 bits per heavy atom. The summed E-state index contributed by atoms with van der Waals surface area (Å²) in [5.74, 6) is 1.20.